The Morgan fingerprint density at radius 3 is 1.05 bits per heavy atom. The zero-order valence-corrected chi connectivity index (χ0v) is 16.4. The minimum atomic E-state index is -2.44. The van der Waals surface area contributed by atoms with Crippen molar-refractivity contribution in [3.63, 3.8) is 0 Å². The summed E-state index contributed by atoms with van der Waals surface area (Å²) < 4.78 is 5.81. The fourth-order valence-corrected chi connectivity index (χ4v) is 12.5. The van der Waals surface area contributed by atoms with Gasteiger partial charge in [-0.3, -0.25) is 0 Å². The Balaban J connectivity index is 0.00000176. The number of hydrogen-bond acceptors (Lipinski definition) is 0. The van der Waals surface area contributed by atoms with Gasteiger partial charge in [0.15, 0.2) is 0 Å². The molecule has 0 N–H and O–H groups in total. The van der Waals surface area contributed by atoms with E-state index in [1.165, 1.54) is 15.1 Å². The fourth-order valence-electron chi connectivity index (χ4n) is 2.73. The van der Waals surface area contributed by atoms with Gasteiger partial charge < -0.3 is 17.0 Å². The molecule has 3 aromatic carbocycles. The summed E-state index contributed by atoms with van der Waals surface area (Å²) in [5.74, 6) is 0. The van der Waals surface area contributed by atoms with Crippen LogP contribution in [0, 0.1) is 10.7 Å². The van der Waals surface area contributed by atoms with Crippen molar-refractivity contribution in [2.75, 3.05) is 4.43 Å². The van der Waals surface area contributed by atoms with Crippen LogP contribution in [0.25, 0.3) is 0 Å². The van der Waals surface area contributed by atoms with E-state index in [1.54, 1.807) is 0 Å². The molecule has 0 fully saturated rings. The van der Waals surface area contributed by atoms with Gasteiger partial charge in [0.25, 0.3) is 0 Å². The van der Waals surface area contributed by atoms with Crippen LogP contribution in [0.5, 0.6) is 0 Å². The molecule has 0 unspecified atom stereocenters. The van der Waals surface area contributed by atoms with E-state index in [0.717, 1.165) is 0 Å². The van der Waals surface area contributed by atoms with Crippen molar-refractivity contribution in [3.05, 3.63) is 102 Å². The summed E-state index contributed by atoms with van der Waals surface area (Å²) in [4.78, 5) is 0. The smallest absolute Gasteiger partial charge is 1.00 e. The van der Waals surface area contributed by atoms with Crippen molar-refractivity contribution in [1.29, 1.82) is 0 Å². The Hall–Kier alpha value is -1.13. The molecule has 0 aliphatic carbocycles. The molecule has 0 aromatic heterocycles. The van der Waals surface area contributed by atoms with E-state index in [1.807, 2.05) is 0 Å². The number of benzene rings is 3. The molecule has 0 heterocycles. The molecule has 0 aliphatic heterocycles. The first-order valence-electron chi connectivity index (χ1n) is 7.27. The molecule has 0 radical (unpaired) electrons. The maximum atomic E-state index is 2.35. The topological polar surface area (TPSA) is 0 Å². The molecule has 0 nitrogen and oxygen atoms in total. The summed E-state index contributed by atoms with van der Waals surface area (Å²) in [6.45, 7) is 2.35. The standard InChI is InChI=1S/C20H20I.BrH/c1-2-21(18-12-6-3-7-13-18,19-14-8-4-9-15-19)20-16-10-5-11-17-20;/h3-17H,2H2,1H3;1H/q+1;/p-1. The quantitative estimate of drug-likeness (QED) is 0.334. The van der Waals surface area contributed by atoms with Crippen LogP contribution in [0.2, 0.25) is 0 Å². The molecule has 3 aromatic rings. The Morgan fingerprint density at radius 2 is 0.818 bits per heavy atom. The molecule has 22 heavy (non-hydrogen) atoms. The predicted octanol–water partition coefficient (Wildman–Crippen LogP) is -1.22. The van der Waals surface area contributed by atoms with Crippen LogP contribution in [0.3, 0.4) is 0 Å². The number of rotatable bonds is 4. The second-order valence-electron chi connectivity index (χ2n) is 4.84. The van der Waals surface area contributed by atoms with Gasteiger partial charge in [-0.1, -0.05) is 0 Å². The minimum absolute atomic E-state index is 0. The average molecular weight is 467 g/mol. The third kappa shape index (κ3) is 3.13. The van der Waals surface area contributed by atoms with Crippen molar-refractivity contribution in [3.8, 4) is 0 Å². The maximum Gasteiger partial charge on any atom is -1.00 e. The Kier molecular flexibility index (Phi) is 6.21. The second-order valence-corrected chi connectivity index (χ2v) is 14.0. The van der Waals surface area contributed by atoms with Gasteiger partial charge >= 0.3 is 131 Å². The molecule has 0 saturated carbocycles. The summed E-state index contributed by atoms with van der Waals surface area (Å²) in [6, 6.07) is 33.3. The SMILES string of the molecule is CC[I+](c1ccccc1)(c1ccccc1)c1ccccc1.[Br-]. The molecular weight excluding hydrogens is 447 g/mol. The van der Waals surface area contributed by atoms with Crippen LogP contribution in [0.15, 0.2) is 91.0 Å². The van der Waals surface area contributed by atoms with Crippen molar-refractivity contribution >= 4 is 0 Å². The first kappa shape index (κ1) is 17.2. The molecule has 0 amide bonds. The van der Waals surface area contributed by atoms with Crippen molar-refractivity contribution in [2.24, 2.45) is 0 Å². The van der Waals surface area contributed by atoms with E-state index in [2.05, 4.69) is 97.9 Å². The summed E-state index contributed by atoms with van der Waals surface area (Å²) >= 11 is -2.44. The summed E-state index contributed by atoms with van der Waals surface area (Å²) in [7, 11) is 0. The average Bonchev–Trinajstić information content (AvgIpc) is 2.59. The van der Waals surface area contributed by atoms with Crippen LogP contribution in [-0.4, -0.2) is 4.43 Å². The van der Waals surface area contributed by atoms with Gasteiger partial charge in [-0.25, -0.2) is 0 Å². The van der Waals surface area contributed by atoms with Gasteiger partial charge in [0.05, 0.1) is 0 Å². The van der Waals surface area contributed by atoms with E-state index in [0.29, 0.717) is 0 Å². The normalized spacial score (nSPS) is 11.5. The second kappa shape index (κ2) is 7.93. The predicted molar refractivity (Wildman–Crippen MR) is 86.0 cm³/mol. The Morgan fingerprint density at radius 1 is 0.545 bits per heavy atom. The third-order valence-electron chi connectivity index (χ3n) is 3.72. The van der Waals surface area contributed by atoms with Gasteiger partial charge in [0.2, 0.25) is 0 Å². The third-order valence-corrected chi connectivity index (χ3v) is 14.5. The molecule has 2 heteroatoms. The monoisotopic (exact) mass is 466 g/mol. The van der Waals surface area contributed by atoms with Crippen LogP contribution in [0.1, 0.15) is 6.92 Å². The van der Waals surface area contributed by atoms with Crippen LogP contribution in [0.4, 0.5) is 0 Å². The first-order valence-corrected chi connectivity index (χ1v) is 12.0. The van der Waals surface area contributed by atoms with Gasteiger partial charge in [-0.15, -0.1) is 0 Å². The van der Waals surface area contributed by atoms with E-state index in [9.17, 15) is 0 Å². The van der Waals surface area contributed by atoms with Crippen molar-refractivity contribution in [2.45, 2.75) is 6.92 Å². The van der Waals surface area contributed by atoms with Crippen LogP contribution < -0.4 is 35.4 Å². The summed E-state index contributed by atoms with van der Waals surface area (Å²) in [6.07, 6.45) is 0. The van der Waals surface area contributed by atoms with E-state index in [4.69, 9.17) is 0 Å². The molecule has 0 bridgehead atoms. The largest absolute Gasteiger partial charge is 1.00 e. The number of hydrogen-bond donors (Lipinski definition) is 0. The van der Waals surface area contributed by atoms with Crippen LogP contribution in [-0.2, 0) is 0 Å². The van der Waals surface area contributed by atoms with Crippen molar-refractivity contribution in [1.82, 2.24) is 0 Å². The number of halogens is 2. The van der Waals surface area contributed by atoms with E-state index < -0.39 is 18.4 Å². The Bertz CT molecular complexity index is 584. The molecule has 3 rings (SSSR count). The van der Waals surface area contributed by atoms with Crippen LogP contribution >= 0.6 is 0 Å². The zero-order valence-electron chi connectivity index (χ0n) is 12.6. The molecule has 0 spiro atoms. The zero-order chi connectivity index (χ0) is 14.5. The van der Waals surface area contributed by atoms with Gasteiger partial charge in [-0.2, -0.15) is 0 Å². The van der Waals surface area contributed by atoms with Gasteiger partial charge in [0.1, 0.15) is 0 Å². The minimum Gasteiger partial charge on any atom is -1.00 e. The Labute approximate surface area is 147 Å². The van der Waals surface area contributed by atoms with Gasteiger partial charge in [-0.05, 0) is 0 Å². The summed E-state index contributed by atoms with van der Waals surface area (Å²) in [5, 5.41) is 0. The molecule has 0 aliphatic rings. The van der Waals surface area contributed by atoms with Gasteiger partial charge in [0, 0.05) is 0 Å². The molecule has 0 atom stereocenters. The fraction of sp³-hybridized carbons (Fsp3) is 0.100. The van der Waals surface area contributed by atoms with Crippen molar-refractivity contribution < 1.29 is 35.4 Å². The molecule has 0 saturated heterocycles. The van der Waals surface area contributed by atoms with E-state index >= 15 is 0 Å². The maximum absolute atomic E-state index is 2.44. The molecule has 114 valence electrons. The number of alkyl halides is 1. The first-order chi connectivity index (χ1) is 10.4. The van der Waals surface area contributed by atoms with E-state index in [-0.39, 0.29) is 17.0 Å². The molecular formula is C20H20BrI. The summed E-state index contributed by atoms with van der Waals surface area (Å²) in [5.41, 5.74) is 0.